The van der Waals surface area contributed by atoms with Crippen LogP contribution in [0, 0.1) is 5.82 Å². The van der Waals surface area contributed by atoms with E-state index < -0.39 is 17.3 Å². The molecule has 10 heteroatoms. The van der Waals surface area contributed by atoms with E-state index in [4.69, 9.17) is 21.1 Å². The Morgan fingerprint density at radius 3 is 2.59 bits per heavy atom. The maximum atomic E-state index is 13.6. The van der Waals surface area contributed by atoms with Crippen molar-refractivity contribution in [1.82, 2.24) is 9.97 Å². The number of aliphatic hydroxyl groups is 1. The third-order valence-corrected chi connectivity index (χ3v) is 5.70. The molecule has 0 saturated carbocycles. The van der Waals surface area contributed by atoms with Crippen LogP contribution >= 0.6 is 11.6 Å². The van der Waals surface area contributed by atoms with E-state index in [0.29, 0.717) is 39.4 Å². The van der Waals surface area contributed by atoms with Gasteiger partial charge in [-0.2, -0.15) is 0 Å². The molecule has 0 spiro atoms. The zero-order valence-corrected chi connectivity index (χ0v) is 21.1. The first-order valence-electron chi connectivity index (χ1n) is 11.1. The van der Waals surface area contributed by atoms with Gasteiger partial charge in [-0.05, 0) is 50.3 Å². The summed E-state index contributed by atoms with van der Waals surface area (Å²) in [6.45, 7) is 6.69. The second-order valence-electron chi connectivity index (χ2n) is 8.56. The number of methoxy groups -OCH3 is 1. The lowest BCUT2D eigenvalue weighted by Gasteiger charge is -2.24. The second kappa shape index (κ2) is 10.4. The average molecular weight is 523 g/mol. The highest BCUT2D eigenvalue weighted by Crippen LogP contribution is 2.41. The minimum absolute atomic E-state index is 0.221. The fourth-order valence-corrected chi connectivity index (χ4v) is 3.86. The highest BCUT2D eigenvalue weighted by molar-refractivity contribution is 6.32. The average Bonchev–Trinajstić information content (AvgIpc) is 2.84. The van der Waals surface area contributed by atoms with Crippen molar-refractivity contribution < 1.29 is 23.8 Å². The molecule has 0 fully saturated rings. The van der Waals surface area contributed by atoms with Gasteiger partial charge in [-0.3, -0.25) is 4.79 Å². The summed E-state index contributed by atoms with van der Waals surface area (Å²) in [4.78, 5) is 20.6. The van der Waals surface area contributed by atoms with Crippen LogP contribution in [0.5, 0.6) is 17.2 Å². The quantitative estimate of drug-likeness (QED) is 0.232. The van der Waals surface area contributed by atoms with E-state index in [0.717, 1.165) is 6.08 Å². The molecule has 4 rings (SSSR count). The maximum absolute atomic E-state index is 13.6. The van der Waals surface area contributed by atoms with Gasteiger partial charge in [0.05, 0.1) is 28.9 Å². The summed E-state index contributed by atoms with van der Waals surface area (Å²) in [5.41, 5.74) is 0.535. The van der Waals surface area contributed by atoms with Gasteiger partial charge in [0.2, 0.25) is 5.91 Å². The van der Waals surface area contributed by atoms with Crippen LogP contribution in [0.2, 0.25) is 5.02 Å². The van der Waals surface area contributed by atoms with Crippen LogP contribution in [0.4, 0.5) is 21.6 Å². The lowest BCUT2D eigenvalue weighted by atomic mass is 9.96. The maximum Gasteiger partial charge on any atom is 0.247 e. The molecule has 0 radical (unpaired) electrons. The predicted octanol–water partition coefficient (Wildman–Crippen LogP) is 6.32. The Kier molecular flexibility index (Phi) is 7.28. The van der Waals surface area contributed by atoms with Crippen molar-refractivity contribution in [2.75, 3.05) is 17.7 Å². The van der Waals surface area contributed by atoms with Crippen molar-refractivity contribution in [2.45, 2.75) is 19.4 Å². The number of anilines is 3. The number of halogens is 2. The summed E-state index contributed by atoms with van der Waals surface area (Å²) in [6, 6.07) is 12.2. The Morgan fingerprint density at radius 1 is 1.14 bits per heavy atom. The summed E-state index contributed by atoms with van der Waals surface area (Å²) in [7, 11) is 1.48. The number of nitrogens with one attached hydrogen (secondary N) is 2. The summed E-state index contributed by atoms with van der Waals surface area (Å²) >= 11 is 6.52. The molecule has 0 saturated heterocycles. The zero-order chi connectivity index (χ0) is 26.7. The molecule has 0 atom stereocenters. The minimum Gasteiger partial charge on any atom is -0.494 e. The van der Waals surface area contributed by atoms with Gasteiger partial charge in [-0.25, -0.2) is 14.4 Å². The molecule has 1 heterocycles. The molecule has 1 amide bonds. The first kappa shape index (κ1) is 25.9. The summed E-state index contributed by atoms with van der Waals surface area (Å²) in [5, 5.41) is 17.6. The van der Waals surface area contributed by atoms with Gasteiger partial charge < -0.3 is 25.2 Å². The highest BCUT2D eigenvalue weighted by atomic mass is 35.5. The third-order valence-electron chi connectivity index (χ3n) is 5.41. The van der Waals surface area contributed by atoms with E-state index in [1.807, 2.05) is 0 Å². The van der Waals surface area contributed by atoms with E-state index in [-0.39, 0.29) is 16.5 Å². The van der Waals surface area contributed by atoms with Crippen LogP contribution in [-0.4, -0.2) is 28.1 Å². The van der Waals surface area contributed by atoms with Gasteiger partial charge >= 0.3 is 0 Å². The standard InChI is InChI=1S/C27H24ClFN4O4/c1-5-25(34)32-22-10-17-20(13-24(22)36-4)30-14-31-26(17)33-21-12-19(28)23(11-18(21)27(2,3)35)37-16-8-6-7-15(29)9-16/h5-14,35H,1H2,2-4H3,(H,32,34)(H,30,31,33). The summed E-state index contributed by atoms with van der Waals surface area (Å²) in [5.74, 6) is 0.434. The first-order chi connectivity index (χ1) is 17.6. The molecule has 3 aromatic carbocycles. The number of rotatable bonds is 8. The molecule has 4 aromatic rings. The number of benzene rings is 3. The Balaban J connectivity index is 1.79. The molecule has 190 valence electrons. The Morgan fingerprint density at radius 2 is 1.92 bits per heavy atom. The largest absolute Gasteiger partial charge is 0.494 e. The lowest BCUT2D eigenvalue weighted by Crippen LogP contribution is -2.18. The molecule has 0 unspecified atom stereocenters. The van der Waals surface area contributed by atoms with E-state index in [1.165, 1.54) is 31.6 Å². The van der Waals surface area contributed by atoms with Gasteiger partial charge in [0.15, 0.2) is 0 Å². The third kappa shape index (κ3) is 5.79. The fourth-order valence-electron chi connectivity index (χ4n) is 3.66. The Labute approximate surface area is 217 Å². The predicted molar refractivity (Wildman–Crippen MR) is 141 cm³/mol. The molecule has 0 aliphatic heterocycles. The van der Waals surface area contributed by atoms with Crippen molar-refractivity contribution >= 4 is 45.6 Å². The van der Waals surface area contributed by atoms with Crippen LogP contribution in [-0.2, 0) is 10.4 Å². The van der Waals surface area contributed by atoms with E-state index in [1.54, 1.807) is 44.2 Å². The zero-order valence-electron chi connectivity index (χ0n) is 20.3. The molecular weight excluding hydrogens is 499 g/mol. The van der Waals surface area contributed by atoms with Gasteiger partial charge in [0.1, 0.15) is 35.2 Å². The number of nitrogens with zero attached hydrogens (tertiary/aromatic N) is 2. The first-order valence-corrected chi connectivity index (χ1v) is 11.5. The Bertz CT molecular complexity index is 1500. The van der Waals surface area contributed by atoms with Crippen molar-refractivity contribution in [3.63, 3.8) is 0 Å². The van der Waals surface area contributed by atoms with E-state index in [9.17, 15) is 14.3 Å². The van der Waals surface area contributed by atoms with Crippen molar-refractivity contribution in [3.05, 3.63) is 83.9 Å². The van der Waals surface area contributed by atoms with Crippen molar-refractivity contribution in [2.24, 2.45) is 0 Å². The van der Waals surface area contributed by atoms with Gasteiger partial charge in [-0.1, -0.05) is 24.2 Å². The Hall–Kier alpha value is -4.21. The van der Waals surface area contributed by atoms with E-state index >= 15 is 0 Å². The molecule has 0 aliphatic rings. The summed E-state index contributed by atoms with van der Waals surface area (Å²) < 4.78 is 24.8. The number of hydrogen-bond acceptors (Lipinski definition) is 7. The normalized spacial score (nSPS) is 11.2. The monoisotopic (exact) mass is 522 g/mol. The SMILES string of the molecule is C=CC(=O)Nc1cc2c(Nc3cc(Cl)c(Oc4cccc(F)c4)cc3C(C)(C)O)ncnc2cc1OC. The molecule has 1 aromatic heterocycles. The number of hydrogen-bond donors (Lipinski definition) is 3. The van der Waals surface area contributed by atoms with Gasteiger partial charge in [0, 0.05) is 28.8 Å². The number of ether oxygens (including phenoxy) is 2. The van der Waals surface area contributed by atoms with Gasteiger partial charge in [-0.15, -0.1) is 0 Å². The van der Waals surface area contributed by atoms with Crippen LogP contribution in [0.1, 0.15) is 19.4 Å². The van der Waals surface area contributed by atoms with E-state index in [2.05, 4.69) is 27.2 Å². The highest BCUT2D eigenvalue weighted by Gasteiger charge is 2.24. The van der Waals surface area contributed by atoms with Crippen LogP contribution < -0.4 is 20.1 Å². The van der Waals surface area contributed by atoms with Gasteiger partial charge in [0.25, 0.3) is 0 Å². The minimum atomic E-state index is -1.32. The molecule has 3 N–H and O–H groups in total. The number of amides is 1. The molecular formula is C27H24ClFN4O4. The second-order valence-corrected chi connectivity index (χ2v) is 8.96. The number of aromatic nitrogens is 2. The van der Waals surface area contributed by atoms with Crippen molar-refractivity contribution in [1.29, 1.82) is 0 Å². The molecule has 0 aliphatic carbocycles. The number of fused-ring (bicyclic) bond motifs is 1. The topological polar surface area (TPSA) is 106 Å². The van der Waals surface area contributed by atoms with Crippen LogP contribution in [0.15, 0.2) is 67.5 Å². The van der Waals surface area contributed by atoms with Crippen LogP contribution in [0.25, 0.3) is 10.9 Å². The fraction of sp³-hybridized carbons (Fsp3) is 0.148. The lowest BCUT2D eigenvalue weighted by molar-refractivity contribution is -0.111. The van der Waals surface area contributed by atoms with Crippen LogP contribution in [0.3, 0.4) is 0 Å². The molecule has 37 heavy (non-hydrogen) atoms. The van der Waals surface area contributed by atoms with Crippen molar-refractivity contribution in [3.8, 4) is 17.2 Å². The number of carbonyl (C=O) groups excluding carboxylic acids is 1. The summed E-state index contributed by atoms with van der Waals surface area (Å²) in [6.07, 6.45) is 2.52. The number of carbonyl (C=O) groups is 1. The molecule has 8 nitrogen and oxygen atoms in total. The molecule has 0 bridgehead atoms. The smallest absolute Gasteiger partial charge is 0.247 e.